The lowest BCUT2D eigenvalue weighted by atomic mass is 10.0. The molecule has 2 fully saturated rings. The van der Waals surface area contributed by atoms with Crippen LogP contribution in [-0.2, 0) is 17.9 Å². The van der Waals surface area contributed by atoms with Crippen LogP contribution in [0.3, 0.4) is 0 Å². The first-order valence-corrected chi connectivity index (χ1v) is 10.8. The van der Waals surface area contributed by atoms with E-state index in [1.165, 1.54) is 12.0 Å². The molecule has 4 heterocycles. The van der Waals surface area contributed by atoms with Crippen molar-refractivity contribution in [3.05, 3.63) is 42.2 Å². The SMILES string of the molecule is O=C(Cn1cccn1)N1CCC[C@H](N2CCN(Cc3ccc4c(c3)OCO4)CC2)C1. The van der Waals surface area contributed by atoms with Crippen LogP contribution in [0.15, 0.2) is 36.7 Å². The molecule has 5 rings (SSSR count). The van der Waals surface area contributed by atoms with Crippen LogP contribution >= 0.6 is 0 Å². The number of piperazine rings is 1. The number of piperidine rings is 1. The molecule has 0 saturated carbocycles. The minimum atomic E-state index is 0.171. The van der Waals surface area contributed by atoms with Crippen LogP contribution in [-0.4, -0.2) is 82.5 Å². The molecule has 160 valence electrons. The predicted molar refractivity (Wildman–Crippen MR) is 111 cm³/mol. The number of nitrogens with zero attached hydrogens (tertiary/aromatic N) is 5. The van der Waals surface area contributed by atoms with Gasteiger partial charge in [-0.15, -0.1) is 0 Å². The number of carbonyl (C=O) groups is 1. The molecule has 2 saturated heterocycles. The predicted octanol–water partition coefficient (Wildman–Crippen LogP) is 1.42. The second-order valence-corrected chi connectivity index (χ2v) is 8.34. The third-order valence-corrected chi connectivity index (χ3v) is 6.37. The van der Waals surface area contributed by atoms with Gasteiger partial charge in [-0.3, -0.25) is 19.3 Å². The number of amides is 1. The largest absolute Gasteiger partial charge is 0.454 e. The minimum Gasteiger partial charge on any atom is -0.454 e. The quantitative estimate of drug-likeness (QED) is 0.742. The summed E-state index contributed by atoms with van der Waals surface area (Å²) in [5.41, 5.74) is 1.26. The number of aromatic nitrogens is 2. The molecule has 8 heteroatoms. The van der Waals surface area contributed by atoms with Gasteiger partial charge in [0, 0.05) is 64.2 Å². The van der Waals surface area contributed by atoms with Gasteiger partial charge in [-0.05, 0) is 36.6 Å². The number of benzene rings is 1. The monoisotopic (exact) mass is 411 g/mol. The first-order chi connectivity index (χ1) is 14.7. The summed E-state index contributed by atoms with van der Waals surface area (Å²) in [5.74, 6) is 1.87. The fraction of sp³-hybridized carbons (Fsp3) is 0.545. The second kappa shape index (κ2) is 8.65. The van der Waals surface area contributed by atoms with Gasteiger partial charge >= 0.3 is 0 Å². The summed E-state index contributed by atoms with van der Waals surface area (Å²) in [4.78, 5) is 19.7. The Balaban J connectivity index is 1.11. The summed E-state index contributed by atoms with van der Waals surface area (Å²) < 4.78 is 12.6. The number of carbonyl (C=O) groups excluding carboxylic acids is 1. The highest BCUT2D eigenvalue weighted by Crippen LogP contribution is 2.33. The second-order valence-electron chi connectivity index (χ2n) is 8.34. The molecule has 1 amide bonds. The van der Waals surface area contributed by atoms with Gasteiger partial charge in [-0.1, -0.05) is 6.07 Å². The molecule has 0 unspecified atom stereocenters. The van der Waals surface area contributed by atoms with E-state index >= 15 is 0 Å². The maximum Gasteiger partial charge on any atom is 0.244 e. The number of hydrogen-bond acceptors (Lipinski definition) is 6. The molecule has 3 aliphatic rings. The van der Waals surface area contributed by atoms with Crippen molar-refractivity contribution in [2.75, 3.05) is 46.1 Å². The van der Waals surface area contributed by atoms with Crippen LogP contribution in [0, 0.1) is 0 Å². The molecule has 1 atom stereocenters. The van der Waals surface area contributed by atoms with Crippen LogP contribution in [0.25, 0.3) is 0 Å². The Kier molecular flexibility index (Phi) is 5.59. The van der Waals surface area contributed by atoms with E-state index in [0.29, 0.717) is 19.4 Å². The van der Waals surface area contributed by atoms with E-state index in [4.69, 9.17) is 9.47 Å². The molecule has 0 radical (unpaired) electrons. The minimum absolute atomic E-state index is 0.171. The van der Waals surface area contributed by atoms with Crippen LogP contribution in [0.5, 0.6) is 11.5 Å². The molecule has 0 N–H and O–H groups in total. The van der Waals surface area contributed by atoms with Gasteiger partial charge in [-0.2, -0.15) is 5.10 Å². The Morgan fingerprint density at radius 3 is 2.80 bits per heavy atom. The Bertz CT molecular complexity index is 864. The maximum absolute atomic E-state index is 12.6. The smallest absolute Gasteiger partial charge is 0.244 e. The first-order valence-electron chi connectivity index (χ1n) is 10.8. The third kappa shape index (κ3) is 4.29. The molecule has 8 nitrogen and oxygen atoms in total. The number of hydrogen-bond donors (Lipinski definition) is 0. The van der Waals surface area contributed by atoms with Crippen molar-refractivity contribution in [2.24, 2.45) is 0 Å². The summed E-state index contributed by atoms with van der Waals surface area (Å²) in [6.45, 7) is 7.49. The van der Waals surface area contributed by atoms with Gasteiger partial charge in [0.2, 0.25) is 12.7 Å². The maximum atomic E-state index is 12.6. The molecule has 3 aliphatic heterocycles. The van der Waals surface area contributed by atoms with Crippen molar-refractivity contribution in [2.45, 2.75) is 32.0 Å². The van der Waals surface area contributed by atoms with Crippen LogP contribution in [0.4, 0.5) is 0 Å². The molecular weight excluding hydrogens is 382 g/mol. The number of rotatable bonds is 5. The van der Waals surface area contributed by atoms with Crippen molar-refractivity contribution >= 4 is 5.91 Å². The summed E-state index contributed by atoms with van der Waals surface area (Å²) in [5, 5.41) is 4.16. The molecule has 1 aromatic heterocycles. The van der Waals surface area contributed by atoms with Crippen LogP contribution in [0.2, 0.25) is 0 Å². The first kappa shape index (κ1) is 19.4. The molecule has 0 bridgehead atoms. The van der Waals surface area contributed by atoms with Gasteiger partial charge in [0.1, 0.15) is 6.54 Å². The normalized spacial score (nSPS) is 22.4. The van der Waals surface area contributed by atoms with Gasteiger partial charge in [0.25, 0.3) is 0 Å². The lowest BCUT2D eigenvalue weighted by Gasteiger charge is -2.43. The van der Waals surface area contributed by atoms with E-state index in [0.717, 1.165) is 63.7 Å². The number of fused-ring (bicyclic) bond motifs is 1. The van der Waals surface area contributed by atoms with E-state index < -0.39 is 0 Å². The number of likely N-dealkylation sites (tertiary alicyclic amines) is 1. The summed E-state index contributed by atoms with van der Waals surface area (Å²) >= 11 is 0. The van der Waals surface area contributed by atoms with E-state index in [2.05, 4.69) is 27.0 Å². The van der Waals surface area contributed by atoms with E-state index in [-0.39, 0.29) is 5.91 Å². The van der Waals surface area contributed by atoms with E-state index in [1.54, 1.807) is 10.9 Å². The number of ether oxygens (including phenoxy) is 2. The fourth-order valence-electron chi connectivity index (χ4n) is 4.70. The van der Waals surface area contributed by atoms with Gasteiger partial charge < -0.3 is 14.4 Å². The molecular formula is C22H29N5O3. The van der Waals surface area contributed by atoms with Crippen molar-refractivity contribution in [3.8, 4) is 11.5 Å². The lowest BCUT2D eigenvalue weighted by Crippen LogP contribution is -2.55. The van der Waals surface area contributed by atoms with Crippen LogP contribution in [0.1, 0.15) is 18.4 Å². The standard InChI is InChI=1S/C22H29N5O3/c28-22(16-27-8-2-6-23-27)26-7-1-3-19(15-26)25-11-9-24(10-12-25)14-18-4-5-20-21(13-18)30-17-29-20/h2,4-6,8,13,19H,1,3,7,9-12,14-17H2/t19-/m0/s1. The van der Waals surface area contributed by atoms with Crippen molar-refractivity contribution in [1.29, 1.82) is 0 Å². The summed E-state index contributed by atoms with van der Waals surface area (Å²) in [6.07, 6.45) is 5.81. The van der Waals surface area contributed by atoms with E-state index in [1.807, 2.05) is 23.2 Å². The van der Waals surface area contributed by atoms with Crippen molar-refractivity contribution in [1.82, 2.24) is 24.5 Å². The zero-order chi connectivity index (χ0) is 20.3. The molecule has 0 aliphatic carbocycles. The average molecular weight is 412 g/mol. The van der Waals surface area contributed by atoms with Crippen LogP contribution < -0.4 is 9.47 Å². The lowest BCUT2D eigenvalue weighted by molar-refractivity contribution is -0.134. The summed E-state index contributed by atoms with van der Waals surface area (Å²) in [6, 6.07) is 8.55. The van der Waals surface area contributed by atoms with Gasteiger partial charge in [0.15, 0.2) is 11.5 Å². The van der Waals surface area contributed by atoms with Gasteiger partial charge in [0.05, 0.1) is 0 Å². The fourth-order valence-corrected chi connectivity index (χ4v) is 4.70. The Morgan fingerprint density at radius 1 is 1.10 bits per heavy atom. The zero-order valence-electron chi connectivity index (χ0n) is 17.3. The molecule has 0 spiro atoms. The molecule has 2 aromatic rings. The van der Waals surface area contributed by atoms with Crippen molar-refractivity contribution in [3.63, 3.8) is 0 Å². The highest BCUT2D eigenvalue weighted by molar-refractivity contribution is 5.76. The highest BCUT2D eigenvalue weighted by atomic mass is 16.7. The Hall–Kier alpha value is -2.58. The van der Waals surface area contributed by atoms with E-state index in [9.17, 15) is 4.79 Å². The van der Waals surface area contributed by atoms with Gasteiger partial charge in [-0.25, -0.2) is 0 Å². The third-order valence-electron chi connectivity index (χ3n) is 6.37. The molecule has 30 heavy (non-hydrogen) atoms. The highest BCUT2D eigenvalue weighted by Gasteiger charge is 2.30. The van der Waals surface area contributed by atoms with Crippen molar-refractivity contribution < 1.29 is 14.3 Å². The summed E-state index contributed by atoms with van der Waals surface area (Å²) in [7, 11) is 0. The Morgan fingerprint density at radius 2 is 1.97 bits per heavy atom. The average Bonchev–Trinajstić information content (AvgIpc) is 3.46. The molecule has 1 aromatic carbocycles. The topological polar surface area (TPSA) is 63.1 Å². The Labute approximate surface area is 176 Å². The zero-order valence-corrected chi connectivity index (χ0v) is 17.3.